The van der Waals surface area contributed by atoms with Crippen LogP contribution < -0.4 is 0 Å². The van der Waals surface area contributed by atoms with Crippen molar-refractivity contribution >= 4 is 44.2 Å². The van der Waals surface area contributed by atoms with Gasteiger partial charge in [-0.15, -0.1) is 0 Å². The monoisotopic (exact) mass is 517 g/mol. The lowest BCUT2D eigenvalue weighted by atomic mass is 9.92. The highest BCUT2D eigenvalue weighted by molar-refractivity contribution is 14.1. The minimum Gasteiger partial charge on any atom is -0.271 e. The summed E-state index contributed by atoms with van der Waals surface area (Å²) in [4.78, 5) is 27.4. The van der Waals surface area contributed by atoms with Gasteiger partial charge in [0.25, 0.3) is 11.8 Å². The molecule has 3 aromatic carbocycles. The molecule has 4 rings (SSSR count). The second kappa shape index (κ2) is 7.38. The van der Waals surface area contributed by atoms with Crippen LogP contribution in [-0.4, -0.2) is 27.9 Å². The van der Waals surface area contributed by atoms with Crippen molar-refractivity contribution in [3.05, 3.63) is 102 Å². The number of likely N-dealkylation sites (tertiary alicyclic amines) is 1. The summed E-state index contributed by atoms with van der Waals surface area (Å²) >= 11 is 1.70. The molecule has 0 saturated carbocycles. The number of carbonyl (C=O) groups is 2. The summed E-state index contributed by atoms with van der Waals surface area (Å²) in [5.74, 6) is -1.25. The van der Waals surface area contributed by atoms with Gasteiger partial charge < -0.3 is 0 Å². The van der Waals surface area contributed by atoms with E-state index in [-0.39, 0.29) is 4.90 Å². The molecule has 0 aliphatic carbocycles. The molecule has 146 valence electrons. The predicted molar refractivity (Wildman–Crippen MR) is 117 cm³/mol. The smallest absolute Gasteiger partial charge is 0.264 e. The Morgan fingerprint density at radius 1 is 0.828 bits per heavy atom. The minimum atomic E-state index is -4.05. The van der Waals surface area contributed by atoms with Crippen molar-refractivity contribution in [3.8, 4) is 0 Å². The molecule has 1 heterocycles. The molecule has 3 aromatic rings. The molecule has 2 amide bonds. The Labute approximate surface area is 182 Å². The summed E-state index contributed by atoms with van der Waals surface area (Å²) in [6.45, 7) is 0. The Morgan fingerprint density at radius 2 is 1.31 bits per heavy atom. The predicted octanol–water partition coefficient (Wildman–Crippen LogP) is 4.02. The molecule has 0 unspecified atom stereocenters. The average molecular weight is 517 g/mol. The summed E-state index contributed by atoms with van der Waals surface area (Å²) in [5.41, 5.74) is 0.919. The standard InChI is InChI=1S/C22H16INO4S/c23-22(29(27,28)18-14-8-3-9-15-18)19(16-10-4-1-5-11-16)24(21(22)26)20(25)17-12-6-2-7-13-17/h1-15,19H/t19-,22+/m0/s1. The summed E-state index contributed by atoms with van der Waals surface area (Å²) in [7, 11) is -4.05. The van der Waals surface area contributed by atoms with Gasteiger partial charge in [-0.05, 0) is 52.4 Å². The zero-order chi connectivity index (χ0) is 20.6. The van der Waals surface area contributed by atoms with Crippen molar-refractivity contribution in [1.82, 2.24) is 4.90 Å². The van der Waals surface area contributed by atoms with Gasteiger partial charge in [0, 0.05) is 5.56 Å². The number of nitrogens with zero attached hydrogens (tertiary/aromatic N) is 1. The molecule has 5 nitrogen and oxygen atoms in total. The van der Waals surface area contributed by atoms with Gasteiger partial charge in [0.1, 0.15) is 6.04 Å². The molecule has 0 aromatic heterocycles. The SMILES string of the molecule is O=C(c1ccccc1)N1C(=O)[C@](I)(S(=O)(=O)c2ccccc2)[C@@H]1c1ccccc1. The maximum Gasteiger partial charge on any atom is 0.264 e. The first-order valence-corrected chi connectivity index (χ1v) is 11.4. The molecule has 29 heavy (non-hydrogen) atoms. The van der Waals surface area contributed by atoms with E-state index in [2.05, 4.69) is 0 Å². The fourth-order valence-electron chi connectivity index (χ4n) is 3.46. The van der Waals surface area contributed by atoms with Crippen molar-refractivity contribution in [2.75, 3.05) is 0 Å². The number of benzene rings is 3. The number of amides is 2. The van der Waals surface area contributed by atoms with Gasteiger partial charge in [-0.25, -0.2) is 8.42 Å². The molecule has 0 radical (unpaired) electrons. The third-order valence-corrected chi connectivity index (χ3v) is 9.78. The summed E-state index contributed by atoms with van der Waals surface area (Å²) in [6.07, 6.45) is 0. The molecule has 0 spiro atoms. The van der Waals surface area contributed by atoms with Gasteiger partial charge in [0.2, 0.25) is 12.6 Å². The lowest BCUT2D eigenvalue weighted by Gasteiger charge is -2.50. The van der Waals surface area contributed by atoms with Crippen LogP contribution >= 0.6 is 22.6 Å². The summed E-state index contributed by atoms with van der Waals surface area (Å²) in [5, 5.41) is 0. The number of alkyl halides is 1. The molecule has 1 aliphatic heterocycles. The van der Waals surface area contributed by atoms with Crippen LogP contribution in [0, 0.1) is 0 Å². The normalized spacial score (nSPS) is 21.5. The fourth-order valence-corrected chi connectivity index (χ4v) is 6.84. The molecular weight excluding hydrogens is 501 g/mol. The van der Waals surface area contributed by atoms with Crippen molar-refractivity contribution in [2.45, 2.75) is 13.7 Å². The molecular formula is C22H16INO4S. The number of sulfone groups is 1. The number of carbonyl (C=O) groups excluding carboxylic acids is 2. The van der Waals surface area contributed by atoms with E-state index in [1.54, 1.807) is 101 Å². The van der Waals surface area contributed by atoms with Crippen LogP contribution in [0.5, 0.6) is 0 Å². The third kappa shape index (κ3) is 3.00. The Hall–Kier alpha value is -2.52. The Bertz CT molecular complexity index is 1170. The molecule has 1 saturated heterocycles. The number of hydrogen-bond acceptors (Lipinski definition) is 4. The first-order chi connectivity index (χ1) is 13.9. The molecule has 2 atom stereocenters. The molecule has 1 aliphatic rings. The van der Waals surface area contributed by atoms with E-state index < -0.39 is 30.4 Å². The zero-order valence-corrected chi connectivity index (χ0v) is 18.1. The Kier molecular flexibility index (Phi) is 5.04. The highest BCUT2D eigenvalue weighted by atomic mass is 127. The highest BCUT2D eigenvalue weighted by Crippen LogP contribution is 2.55. The zero-order valence-electron chi connectivity index (χ0n) is 15.1. The van der Waals surface area contributed by atoms with Crippen LogP contribution in [0.25, 0.3) is 0 Å². The van der Waals surface area contributed by atoms with E-state index in [9.17, 15) is 18.0 Å². The maximum atomic E-state index is 13.5. The molecule has 0 bridgehead atoms. The van der Waals surface area contributed by atoms with E-state index in [4.69, 9.17) is 0 Å². The van der Waals surface area contributed by atoms with Crippen LogP contribution in [0.3, 0.4) is 0 Å². The molecule has 7 heteroatoms. The summed E-state index contributed by atoms with van der Waals surface area (Å²) < 4.78 is 25.1. The lowest BCUT2D eigenvalue weighted by molar-refractivity contribution is -0.141. The number of halogens is 1. The van der Waals surface area contributed by atoms with Crippen molar-refractivity contribution in [2.24, 2.45) is 0 Å². The van der Waals surface area contributed by atoms with Gasteiger partial charge in [-0.2, -0.15) is 0 Å². The quantitative estimate of drug-likeness (QED) is 0.227. The Balaban J connectivity index is 1.85. The van der Waals surface area contributed by atoms with Gasteiger partial charge in [0.05, 0.1) is 4.90 Å². The van der Waals surface area contributed by atoms with Crippen LogP contribution in [0.1, 0.15) is 22.0 Å². The average Bonchev–Trinajstić information content (AvgIpc) is 2.77. The third-order valence-electron chi connectivity index (χ3n) is 4.92. The fraction of sp³-hybridized carbons (Fsp3) is 0.0909. The van der Waals surface area contributed by atoms with E-state index >= 15 is 0 Å². The summed E-state index contributed by atoms with van der Waals surface area (Å²) in [6, 6.07) is 24.1. The van der Waals surface area contributed by atoms with Gasteiger partial charge in [-0.1, -0.05) is 66.7 Å². The number of hydrogen-bond donors (Lipinski definition) is 0. The van der Waals surface area contributed by atoms with Crippen LogP contribution in [-0.2, 0) is 14.6 Å². The molecule has 0 N–H and O–H groups in total. The largest absolute Gasteiger partial charge is 0.271 e. The van der Waals surface area contributed by atoms with Crippen LogP contribution in [0.2, 0.25) is 0 Å². The highest BCUT2D eigenvalue weighted by Gasteiger charge is 2.69. The number of imide groups is 1. The lowest BCUT2D eigenvalue weighted by Crippen LogP contribution is -2.69. The van der Waals surface area contributed by atoms with E-state index in [1.807, 2.05) is 0 Å². The first-order valence-electron chi connectivity index (χ1n) is 8.85. The van der Waals surface area contributed by atoms with Crippen molar-refractivity contribution in [3.63, 3.8) is 0 Å². The van der Waals surface area contributed by atoms with Crippen molar-refractivity contribution in [1.29, 1.82) is 0 Å². The van der Waals surface area contributed by atoms with E-state index in [0.29, 0.717) is 11.1 Å². The topological polar surface area (TPSA) is 71.5 Å². The minimum absolute atomic E-state index is 0.0514. The van der Waals surface area contributed by atoms with Gasteiger partial charge in [0.15, 0.2) is 0 Å². The van der Waals surface area contributed by atoms with Crippen LogP contribution in [0.15, 0.2) is 95.9 Å². The van der Waals surface area contributed by atoms with Gasteiger partial charge in [-0.3, -0.25) is 14.5 Å². The van der Waals surface area contributed by atoms with E-state index in [1.165, 1.54) is 12.1 Å². The molecule has 1 fully saturated rings. The Morgan fingerprint density at radius 3 is 1.86 bits per heavy atom. The van der Waals surface area contributed by atoms with Crippen molar-refractivity contribution < 1.29 is 18.0 Å². The maximum absolute atomic E-state index is 13.5. The number of β-lactam (4-membered cyclic amide) rings is 1. The second-order valence-corrected chi connectivity index (χ2v) is 11.2. The van der Waals surface area contributed by atoms with E-state index in [0.717, 1.165) is 4.90 Å². The number of rotatable bonds is 4. The first kappa shape index (κ1) is 19.8. The second-order valence-electron chi connectivity index (χ2n) is 6.62. The van der Waals surface area contributed by atoms with Crippen LogP contribution in [0.4, 0.5) is 0 Å². The van der Waals surface area contributed by atoms with Gasteiger partial charge >= 0.3 is 0 Å².